The summed E-state index contributed by atoms with van der Waals surface area (Å²) in [5.74, 6) is -0.539. The molecule has 3 N–H and O–H groups in total. The zero-order valence-electron chi connectivity index (χ0n) is 20.3. The first-order valence-electron chi connectivity index (χ1n) is 11.6. The molecule has 9 heteroatoms. The fraction of sp³-hybridized carbons (Fsp3) is 0.385. The Hall–Kier alpha value is -3.72. The van der Waals surface area contributed by atoms with Crippen LogP contribution in [0.4, 0.5) is 4.79 Å². The molecule has 0 saturated carbocycles. The van der Waals surface area contributed by atoms with Gasteiger partial charge < -0.3 is 24.9 Å². The zero-order valence-corrected chi connectivity index (χ0v) is 20.3. The predicted molar refractivity (Wildman–Crippen MR) is 130 cm³/mol. The molecule has 1 unspecified atom stereocenters. The molecule has 35 heavy (non-hydrogen) atoms. The third-order valence-corrected chi connectivity index (χ3v) is 6.27. The highest BCUT2D eigenvalue weighted by molar-refractivity contribution is 5.89. The zero-order chi connectivity index (χ0) is 25.4. The Morgan fingerprint density at radius 2 is 1.97 bits per heavy atom. The third-order valence-electron chi connectivity index (χ3n) is 6.27. The maximum Gasteiger partial charge on any atom is 0.516 e. The highest BCUT2D eigenvalue weighted by Gasteiger charge is 2.28. The first-order chi connectivity index (χ1) is 16.6. The Kier molecular flexibility index (Phi) is 6.62. The van der Waals surface area contributed by atoms with Crippen LogP contribution in [-0.4, -0.2) is 32.8 Å². The molecule has 9 nitrogen and oxygen atoms in total. The van der Waals surface area contributed by atoms with Crippen LogP contribution in [-0.2, 0) is 33.8 Å². The number of esters is 1. The number of benzene rings is 1. The number of aromatic nitrogens is 2. The Balaban J connectivity index is 1.59. The summed E-state index contributed by atoms with van der Waals surface area (Å²) in [4.78, 5) is 42.1. The van der Waals surface area contributed by atoms with Crippen molar-refractivity contribution in [3.63, 3.8) is 0 Å². The van der Waals surface area contributed by atoms with Gasteiger partial charge in [0.05, 0.1) is 29.0 Å². The number of phenolic OH excluding ortho intramolecular Hbond substituents is 1. The highest BCUT2D eigenvalue weighted by Crippen LogP contribution is 2.37. The average molecular weight is 480 g/mol. The van der Waals surface area contributed by atoms with E-state index < -0.39 is 18.2 Å². The quantitative estimate of drug-likeness (QED) is 0.317. The number of nitrogens with zero attached hydrogens (tertiary/aromatic N) is 2. The summed E-state index contributed by atoms with van der Waals surface area (Å²) in [7, 11) is 0. The van der Waals surface area contributed by atoms with E-state index in [4.69, 9.17) is 15.5 Å². The number of rotatable bonds is 6. The van der Waals surface area contributed by atoms with E-state index in [1.807, 2.05) is 26.8 Å². The van der Waals surface area contributed by atoms with Gasteiger partial charge in [-0.25, -0.2) is 14.6 Å². The smallest absolute Gasteiger partial charge is 0.508 e. The molecule has 2 aromatic heterocycles. The number of aromatic hydroxyl groups is 1. The lowest BCUT2D eigenvalue weighted by molar-refractivity contribution is -0.141. The van der Waals surface area contributed by atoms with Crippen LogP contribution in [0.2, 0.25) is 0 Å². The molecule has 0 amide bonds. The molecule has 0 aliphatic carbocycles. The van der Waals surface area contributed by atoms with E-state index >= 15 is 0 Å². The van der Waals surface area contributed by atoms with E-state index in [0.29, 0.717) is 30.6 Å². The summed E-state index contributed by atoms with van der Waals surface area (Å²) in [5, 5.41) is 10.8. The second-order valence-electron chi connectivity index (χ2n) is 9.25. The number of carbonyl (C=O) groups is 2. The van der Waals surface area contributed by atoms with E-state index in [1.54, 1.807) is 29.7 Å². The van der Waals surface area contributed by atoms with Crippen LogP contribution in [0.3, 0.4) is 0 Å². The second-order valence-corrected chi connectivity index (χ2v) is 9.25. The standard InChI is InChI=1S/C26H29N3O6/c1-5-16-17-10-15(30)6-7-21(17)28-23-18(16)11-29-22(23)9-14(4)19(24(29)31)12-34-26(33)35-25(32)20(27)8-13(2)3/h6-7,9-10,13,20,30H,5,8,11-12,27H2,1-4H3. The Bertz CT molecular complexity index is 1390. The maximum absolute atomic E-state index is 13.3. The average Bonchev–Trinajstić information content (AvgIpc) is 3.15. The lowest BCUT2D eigenvalue weighted by Crippen LogP contribution is -2.35. The topological polar surface area (TPSA) is 134 Å². The molecule has 184 valence electrons. The predicted octanol–water partition coefficient (Wildman–Crippen LogP) is 3.55. The van der Waals surface area contributed by atoms with Crippen LogP contribution in [0.25, 0.3) is 22.3 Å². The van der Waals surface area contributed by atoms with Gasteiger partial charge in [0.25, 0.3) is 5.56 Å². The number of nitrogens with two attached hydrogens (primary N) is 1. The molecule has 3 aromatic rings. The van der Waals surface area contributed by atoms with Gasteiger partial charge in [0, 0.05) is 10.9 Å². The summed E-state index contributed by atoms with van der Waals surface area (Å²) in [6, 6.07) is 5.97. The minimum absolute atomic E-state index is 0.160. The summed E-state index contributed by atoms with van der Waals surface area (Å²) in [5.41, 5.74) is 10.5. The Morgan fingerprint density at radius 1 is 1.23 bits per heavy atom. The number of ether oxygens (including phenoxy) is 2. The van der Waals surface area contributed by atoms with E-state index in [9.17, 15) is 19.5 Å². The van der Waals surface area contributed by atoms with Crippen LogP contribution in [0.5, 0.6) is 5.75 Å². The first-order valence-corrected chi connectivity index (χ1v) is 11.6. The van der Waals surface area contributed by atoms with Gasteiger partial charge >= 0.3 is 12.1 Å². The third kappa shape index (κ3) is 4.64. The second kappa shape index (κ2) is 9.50. The van der Waals surface area contributed by atoms with Crippen molar-refractivity contribution < 1.29 is 24.2 Å². The number of pyridine rings is 2. The monoisotopic (exact) mass is 479 g/mol. The van der Waals surface area contributed by atoms with Gasteiger partial charge in [-0.05, 0) is 61.1 Å². The van der Waals surface area contributed by atoms with Crippen molar-refractivity contribution >= 4 is 23.0 Å². The molecule has 0 bridgehead atoms. The summed E-state index contributed by atoms with van der Waals surface area (Å²) < 4.78 is 11.4. The van der Waals surface area contributed by atoms with Crippen LogP contribution in [0.15, 0.2) is 29.1 Å². The SMILES string of the molecule is CCc1c2c(nc3ccc(O)cc13)-c1cc(C)c(COC(=O)OC(=O)C(N)CC(C)C)c(=O)n1C2. The number of hydrogen-bond donors (Lipinski definition) is 2. The summed E-state index contributed by atoms with van der Waals surface area (Å²) in [6.45, 7) is 7.57. The number of phenols is 1. The Labute approximate surface area is 202 Å². The maximum atomic E-state index is 13.3. The lowest BCUT2D eigenvalue weighted by Gasteiger charge is -2.13. The number of carbonyl (C=O) groups excluding carboxylic acids is 2. The molecule has 0 spiro atoms. The van der Waals surface area contributed by atoms with Gasteiger partial charge in [-0.3, -0.25) is 4.79 Å². The van der Waals surface area contributed by atoms with Crippen molar-refractivity contribution in [2.75, 3.05) is 0 Å². The van der Waals surface area contributed by atoms with Crippen molar-refractivity contribution in [3.8, 4) is 17.1 Å². The molecule has 1 aliphatic rings. The van der Waals surface area contributed by atoms with Crippen molar-refractivity contribution in [3.05, 3.63) is 56.9 Å². The van der Waals surface area contributed by atoms with Gasteiger partial charge in [0.1, 0.15) is 18.4 Å². The highest BCUT2D eigenvalue weighted by atomic mass is 16.7. The van der Waals surface area contributed by atoms with Gasteiger partial charge in [-0.2, -0.15) is 0 Å². The fourth-order valence-corrected chi connectivity index (χ4v) is 4.56. The van der Waals surface area contributed by atoms with Crippen LogP contribution >= 0.6 is 0 Å². The largest absolute Gasteiger partial charge is 0.516 e. The molecule has 1 aliphatic heterocycles. The molecule has 0 radical (unpaired) electrons. The molecule has 1 aromatic carbocycles. The van der Waals surface area contributed by atoms with Gasteiger partial charge in [0.2, 0.25) is 0 Å². The molecule has 0 fully saturated rings. The summed E-state index contributed by atoms with van der Waals surface area (Å²) in [6.07, 6.45) is -0.107. The lowest BCUT2D eigenvalue weighted by atomic mass is 9.98. The first kappa shape index (κ1) is 24.4. The Morgan fingerprint density at radius 3 is 2.66 bits per heavy atom. The van der Waals surface area contributed by atoms with Crippen molar-refractivity contribution in [1.29, 1.82) is 0 Å². The molecule has 0 saturated heterocycles. The molecular weight excluding hydrogens is 450 g/mol. The van der Waals surface area contributed by atoms with E-state index in [2.05, 4.69) is 4.74 Å². The van der Waals surface area contributed by atoms with Gasteiger partial charge in [-0.15, -0.1) is 0 Å². The summed E-state index contributed by atoms with van der Waals surface area (Å²) >= 11 is 0. The minimum Gasteiger partial charge on any atom is -0.508 e. The van der Waals surface area contributed by atoms with E-state index in [0.717, 1.165) is 27.7 Å². The van der Waals surface area contributed by atoms with Crippen molar-refractivity contribution in [2.45, 2.75) is 59.7 Å². The number of hydrogen-bond acceptors (Lipinski definition) is 8. The van der Waals surface area contributed by atoms with Crippen LogP contribution in [0, 0.1) is 12.8 Å². The normalized spacial score (nSPS) is 13.0. The van der Waals surface area contributed by atoms with Crippen molar-refractivity contribution in [1.82, 2.24) is 9.55 Å². The van der Waals surface area contributed by atoms with Gasteiger partial charge in [0.15, 0.2) is 0 Å². The van der Waals surface area contributed by atoms with Crippen LogP contribution in [0.1, 0.15) is 49.4 Å². The van der Waals surface area contributed by atoms with Gasteiger partial charge in [-0.1, -0.05) is 20.8 Å². The molecule has 4 rings (SSSR count). The van der Waals surface area contributed by atoms with E-state index in [1.165, 1.54) is 0 Å². The minimum atomic E-state index is -1.19. The fourth-order valence-electron chi connectivity index (χ4n) is 4.56. The van der Waals surface area contributed by atoms with E-state index in [-0.39, 0.29) is 29.4 Å². The number of fused-ring (bicyclic) bond motifs is 4. The van der Waals surface area contributed by atoms with Crippen molar-refractivity contribution in [2.24, 2.45) is 11.7 Å². The molecular formula is C26H29N3O6. The number of aryl methyl sites for hydroxylation is 2. The van der Waals surface area contributed by atoms with Crippen LogP contribution < -0.4 is 11.3 Å². The molecule has 3 heterocycles. The molecule has 1 atom stereocenters.